The van der Waals surface area contributed by atoms with Crippen LogP contribution in [0, 0.1) is 0 Å². The fraction of sp³-hybridized carbons (Fsp3) is 0.550. The van der Waals surface area contributed by atoms with Gasteiger partial charge < -0.3 is 9.47 Å². The summed E-state index contributed by atoms with van der Waals surface area (Å²) < 4.78 is 11.0. The number of carbonyl (C=O) groups is 1. The van der Waals surface area contributed by atoms with Crippen LogP contribution in [-0.4, -0.2) is 18.7 Å². The largest absolute Gasteiger partial charge is 0.494 e. The van der Waals surface area contributed by atoms with Gasteiger partial charge in [0, 0.05) is 6.08 Å². The lowest BCUT2D eigenvalue weighted by Crippen LogP contribution is -2.23. The molecule has 1 aliphatic rings. The fourth-order valence-electron chi connectivity index (χ4n) is 3.07. The average Bonchev–Trinajstić information content (AvgIpc) is 2.57. The molecule has 0 spiro atoms. The highest BCUT2D eigenvalue weighted by molar-refractivity contribution is 5.82. The summed E-state index contributed by atoms with van der Waals surface area (Å²) in [5.41, 5.74) is 1.36. The minimum atomic E-state index is -0.192. The van der Waals surface area contributed by atoms with E-state index in [0.717, 1.165) is 44.3 Å². The Kier molecular flexibility index (Phi) is 7.18. The van der Waals surface area contributed by atoms with Gasteiger partial charge in [0.25, 0.3) is 0 Å². The Bertz CT molecular complexity index is 496. The van der Waals surface area contributed by atoms with Crippen LogP contribution in [0.3, 0.4) is 0 Å². The van der Waals surface area contributed by atoms with Gasteiger partial charge in [-0.05, 0) is 62.6 Å². The Labute approximate surface area is 139 Å². The molecular weight excluding hydrogens is 288 g/mol. The van der Waals surface area contributed by atoms with Gasteiger partial charge in [-0.3, -0.25) is 0 Å². The highest BCUT2D eigenvalue weighted by Gasteiger charge is 2.24. The van der Waals surface area contributed by atoms with Crippen molar-refractivity contribution in [2.75, 3.05) is 6.61 Å². The molecule has 0 bridgehead atoms. The molecule has 0 radical (unpaired) electrons. The lowest BCUT2D eigenvalue weighted by Gasteiger charge is -2.28. The summed E-state index contributed by atoms with van der Waals surface area (Å²) in [7, 11) is 0. The van der Waals surface area contributed by atoms with E-state index in [9.17, 15) is 4.79 Å². The van der Waals surface area contributed by atoms with E-state index < -0.39 is 0 Å². The highest BCUT2D eigenvalue weighted by atomic mass is 16.5. The predicted molar refractivity (Wildman–Crippen MR) is 92.7 cm³/mol. The van der Waals surface area contributed by atoms with Gasteiger partial charge in [0.05, 0.1) is 6.61 Å². The monoisotopic (exact) mass is 316 g/mol. The lowest BCUT2D eigenvalue weighted by molar-refractivity contribution is -0.144. The van der Waals surface area contributed by atoms with Gasteiger partial charge in [0.2, 0.25) is 0 Å². The van der Waals surface area contributed by atoms with Crippen molar-refractivity contribution in [1.29, 1.82) is 0 Å². The van der Waals surface area contributed by atoms with Crippen LogP contribution in [0.2, 0.25) is 0 Å². The van der Waals surface area contributed by atoms with Crippen LogP contribution in [-0.2, 0) is 9.53 Å². The Hall–Kier alpha value is -1.77. The van der Waals surface area contributed by atoms with Crippen LogP contribution in [0.4, 0.5) is 0 Å². The highest BCUT2D eigenvalue weighted by Crippen LogP contribution is 2.34. The summed E-state index contributed by atoms with van der Waals surface area (Å²) in [6.45, 7) is 4.79. The van der Waals surface area contributed by atoms with E-state index in [4.69, 9.17) is 9.47 Å². The summed E-state index contributed by atoms with van der Waals surface area (Å²) in [6, 6.07) is 8.41. The van der Waals surface area contributed by atoms with Crippen molar-refractivity contribution in [2.24, 2.45) is 0 Å². The quantitative estimate of drug-likeness (QED) is 0.524. The first-order chi connectivity index (χ1) is 11.2. The topological polar surface area (TPSA) is 35.5 Å². The van der Waals surface area contributed by atoms with Crippen LogP contribution in [0.5, 0.6) is 5.75 Å². The molecule has 1 saturated carbocycles. The van der Waals surface area contributed by atoms with Crippen LogP contribution in [0.1, 0.15) is 63.9 Å². The Morgan fingerprint density at radius 3 is 2.43 bits per heavy atom. The second-order valence-electron chi connectivity index (χ2n) is 6.10. The zero-order chi connectivity index (χ0) is 16.5. The number of carbonyl (C=O) groups excluding carboxylic acids is 1. The van der Waals surface area contributed by atoms with Crippen molar-refractivity contribution >= 4 is 5.97 Å². The zero-order valence-corrected chi connectivity index (χ0v) is 14.3. The number of esters is 1. The van der Waals surface area contributed by atoms with Crippen LogP contribution >= 0.6 is 0 Å². The molecule has 126 valence electrons. The van der Waals surface area contributed by atoms with Crippen molar-refractivity contribution in [3.63, 3.8) is 0 Å². The Balaban J connectivity index is 1.78. The maximum Gasteiger partial charge on any atom is 0.330 e. The molecule has 23 heavy (non-hydrogen) atoms. The average molecular weight is 316 g/mol. The van der Waals surface area contributed by atoms with Crippen molar-refractivity contribution < 1.29 is 14.3 Å². The predicted octanol–water partition coefficient (Wildman–Crippen LogP) is 5.01. The maximum atomic E-state index is 11.7. The van der Waals surface area contributed by atoms with Gasteiger partial charge in [-0.2, -0.15) is 0 Å². The van der Waals surface area contributed by atoms with E-state index in [1.165, 1.54) is 5.56 Å². The van der Waals surface area contributed by atoms with Gasteiger partial charge in [-0.1, -0.05) is 31.6 Å². The number of hydrogen-bond donors (Lipinski definition) is 0. The molecule has 0 atom stereocenters. The van der Waals surface area contributed by atoms with Crippen LogP contribution in [0.15, 0.2) is 36.4 Å². The summed E-state index contributed by atoms with van der Waals surface area (Å²) in [6.07, 6.45) is 9.57. The van der Waals surface area contributed by atoms with Crippen molar-refractivity contribution in [3.05, 3.63) is 42.0 Å². The number of unbranched alkanes of at least 4 members (excludes halogenated alkanes) is 1. The SMILES string of the molecule is CCC/C=C/C(=O)O[C@H]1CC[C@H](c2ccc(OCC)cc2)CC1. The molecule has 1 aromatic carbocycles. The molecule has 0 aliphatic heterocycles. The molecule has 1 aliphatic carbocycles. The first-order valence-corrected chi connectivity index (χ1v) is 8.82. The fourth-order valence-corrected chi connectivity index (χ4v) is 3.07. The number of ether oxygens (including phenoxy) is 2. The molecule has 0 unspecified atom stereocenters. The van der Waals surface area contributed by atoms with Crippen LogP contribution < -0.4 is 4.74 Å². The Morgan fingerprint density at radius 2 is 1.83 bits per heavy atom. The smallest absolute Gasteiger partial charge is 0.330 e. The normalized spacial score (nSPS) is 21.3. The summed E-state index contributed by atoms with van der Waals surface area (Å²) >= 11 is 0. The lowest BCUT2D eigenvalue weighted by atomic mass is 9.83. The molecule has 0 heterocycles. The summed E-state index contributed by atoms with van der Waals surface area (Å²) in [4.78, 5) is 11.7. The molecule has 0 aromatic heterocycles. The van der Waals surface area contributed by atoms with Gasteiger partial charge >= 0.3 is 5.97 Å². The van der Waals surface area contributed by atoms with Crippen molar-refractivity contribution in [2.45, 2.75) is 64.4 Å². The second kappa shape index (κ2) is 9.39. The zero-order valence-electron chi connectivity index (χ0n) is 14.3. The van der Waals surface area contributed by atoms with E-state index in [1.807, 2.05) is 25.1 Å². The van der Waals surface area contributed by atoms with Gasteiger partial charge in [-0.15, -0.1) is 0 Å². The molecule has 0 N–H and O–H groups in total. The molecule has 1 fully saturated rings. The second-order valence-corrected chi connectivity index (χ2v) is 6.10. The molecule has 0 amide bonds. The van der Waals surface area contributed by atoms with Gasteiger partial charge in [-0.25, -0.2) is 4.79 Å². The third kappa shape index (κ3) is 5.74. The number of rotatable bonds is 7. The standard InChI is InChI=1S/C20H28O3/c1-3-5-6-7-20(21)23-19-14-10-17(11-15-19)16-8-12-18(13-9-16)22-4-2/h6-9,12-13,17,19H,3-5,10-11,14-15H2,1-2H3/b7-6+/t17-,19-. The number of hydrogen-bond acceptors (Lipinski definition) is 3. The number of benzene rings is 1. The molecule has 2 rings (SSSR count). The van der Waals surface area contributed by atoms with Crippen molar-refractivity contribution in [1.82, 2.24) is 0 Å². The van der Waals surface area contributed by atoms with Gasteiger partial charge in [0.1, 0.15) is 11.9 Å². The third-order valence-electron chi connectivity index (χ3n) is 4.33. The molecule has 3 nitrogen and oxygen atoms in total. The van der Waals surface area contributed by atoms with E-state index in [0.29, 0.717) is 12.5 Å². The number of allylic oxidation sites excluding steroid dienone is 1. The summed E-state index contributed by atoms with van der Waals surface area (Å²) in [5, 5.41) is 0. The minimum absolute atomic E-state index is 0.0766. The summed E-state index contributed by atoms with van der Waals surface area (Å²) in [5.74, 6) is 1.30. The van der Waals surface area contributed by atoms with Crippen molar-refractivity contribution in [3.8, 4) is 5.75 Å². The molecular formula is C20H28O3. The van der Waals surface area contributed by atoms with E-state index >= 15 is 0 Å². The molecule has 0 saturated heterocycles. The third-order valence-corrected chi connectivity index (χ3v) is 4.33. The maximum absolute atomic E-state index is 11.7. The first kappa shape index (κ1) is 17.6. The van der Waals surface area contributed by atoms with Gasteiger partial charge in [0.15, 0.2) is 0 Å². The van der Waals surface area contributed by atoms with E-state index in [-0.39, 0.29) is 12.1 Å². The van der Waals surface area contributed by atoms with E-state index in [1.54, 1.807) is 6.08 Å². The first-order valence-electron chi connectivity index (χ1n) is 8.82. The Morgan fingerprint density at radius 1 is 1.13 bits per heavy atom. The molecule has 3 heteroatoms. The molecule has 1 aromatic rings. The minimum Gasteiger partial charge on any atom is -0.494 e. The van der Waals surface area contributed by atoms with Crippen LogP contribution in [0.25, 0.3) is 0 Å². The van der Waals surface area contributed by atoms with E-state index in [2.05, 4.69) is 19.1 Å².